The Bertz CT molecular complexity index is 2810. The maximum Gasteiger partial charge on any atom is 0.0562 e. The van der Waals surface area contributed by atoms with E-state index in [1.807, 2.05) is 11.3 Å². The highest BCUT2D eigenvalue weighted by atomic mass is 32.1. The van der Waals surface area contributed by atoms with Crippen LogP contribution in [0.15, 0.2) is 182 Å². The Kier molecular flexibility index (Phi) is 6.39. The lowest BCUT2D eigenvalue weighted by Crippen LogP contribution is -2.10. The number of nitrogens with zero attached hydrogens (tertiary/aromatic N) is 2. The molecule has 0 saturated heterocycles. The molecule has 10 rings (SSSR count). The number of hydrogen-bond donors (Lipinski definition) is 0. The summed E-state index contributed by atoms with van der Waals surface area (Å²) < 4.78 is 5.00. The van der Waals surface area contributed by atoms with E-state index in [-0.39, 0.29) is 0 Å². The van der Waals surface area contributed by atoms with Gasteiger partial charge in [0, 0.05) is 48.0 Å². The smallest absolute Gasteiger partial charge is 0.0562 e. The minimum atomic E-state index is 1.12. The van der Waals surface area contributed by atoms with Gasteiger partial charge in [0.25, 0.3) is 0 Å². The van der Waals surface area contributed by atoms with Gasteiger partial charge in [-0.1, -0.05) is 115 Å². The molecule has 3 heteroatoms. The van der Waals surface area contributed by atoms with E-state index >= 15 is 0 Å². The van der Waals surface area contributed by atoms with Crippen molar-refractivity contribution < 1.29 is 0 Å². The minimum absolute atomic E-state index is 1.12. The molecular formula is C46H30N2S. The van der Waals surface area contributed by atoms with Gasteiger partial charge in [-0.15, -0.1) is 11.3 Å². The van der Waals surface area contributed by atoms with Gasteiger partial charge >= 0.3 is 0 Å². The molecule has 0 spiro atoms. The molecule has 8 aromatic carbocycles. The average molecular weight is 643 g/mol. The largest absolute Gasteiger partial charge is 0.310 e. The zero-order valence-electron chi connectivity index (χ0n) is 26.6. The first-order chi connectivity index (χ1) is 24.3. The van der Waals surface area contributed by atoms with E-state index < -0.39 is 0 Å². The summed E-state index contributed by atoms with van der Waals surface area (Å²) in [6.45, 7) is 0. The van der Waals surface area contributed by atoms with Crippen molar-refractivity contribution in [1.29, 1.82) is 0 Å². The third-order valence-corrected chi connectivity index (χ3v) is 10.9. The van der Waals surface area contributed by atoms with Gasteiger partial charge in [-0.25, -0.2) is 0 Å². The Hall–Kier alpha value is -6.16. The van der Waals surface area contributed by atoms with Crippen molar-refractivity contribution in [2.45, 2.75) is 0 Å². The van der Waals surface area contributed by atoms with Crippen LogP contribution in [0.4, 0.5) is 17.1 Å². The number of aromatic nitrogens is 1. The van der Waals surface area contributed by atoms with Crippen molar-refractivity contribution in [3.05, 3.63) is 182 Å². The molecule has 0 radical (unpaired) electrons. The van der Waals surface area contributed by atoms with Crippen LogP contribution in [0.3, 0.4) is 0 Å². The van der Waals surface area contributed by atoms with Crippen LogP contribution in [0.2, 0.25) is 0 Å². The fourth-order valence-electron chi connectivity index (χ4n) is 7.49. The Morgan fingerprint density at radius 3 is 1.86 bits per heavy atom. The minimum Gasteiger partial charge on any atom is -0.310 e. The van der Waals surface area contributed by atoms with Crippen LogP contribution in [0.5, 0.6) is 0 Å². The van der Waals surface area contributed by atoms with Gasteiger partial charge in [0.05, 0.1) is 16.7 Å². The lowest BCUT2D eigenvalue weighted by atomic mass is 10.0. The highest BCUT2D eigenvalue weighted by Crippen LogP contribution is 2.46. The first-order valence-electron chi connectivity index (χ1n) is 16.7. The van der Waals surface area contributed by atoms with E-state index in [9.17, 15) is 0 Å². The number of hydrogen-bond acceptors (Lipinski definition) is 2. The molecule has 0 atom stereocenters. The van der Waals surface area contributed by atoms with Gasteiger partial charge in [0.15, 0.2) is 0 Å². The molecule has 0 saturated carbocycles. The SMILES string of the molecule is c1ccc(-c2ccc(N(c3ccc4c(c3)sc3cc5ccccc5cc34)c3cccc4c3c3ccccc3n4-c3ccccc3)cc2)cc1. The third-order valence-electron chi connectivity index (χ3n) is 9.74. The molecule has 2 nitrogen and oxygen atoms in total. The zero-order valence-corrected chi connectivity index (χ0v) is 27.4. The number of rotatable bonds is 5. The normalized spacial score (nSPS) is 11.7. The van der Waals surface area contributed by atoms with Gasteiger partial charge in [-0.3, -0.25) is 0 Å². The van der Waals surface area contributed by atoms with Crippen LogP contribution in [0, 0.1) is 0 Å². The van der Waals surface area contributed by atoms with Crippen LogP contribution in [-0.2, 0) is 0 Å². The van der Waals surface area contributed by atoms with Crippen LogP contribution < -0.4 is 4.90 Å². The third kappa shape index (κ3) is 4.55. The van der Waals surface area contributed by atoms with Crippen LogP contribution >= 0.6 is 11.3 Å². The maximum atomic E-state index is 2.44. The fourth-order valence-corrected chi connectivity index (χ4v) is 8.66. The molecule has 49 heavy (non-hydrogen) atoms. The van der Waals surface area contributed by atoms with Crippen molar-refractivity contribution in [2.24, 2.45) is 0 Å². The van der Waals surface area contributed by atoms with E-state index in [2.05, 4.69) is 191 Å². The molecule has 0 fully saturated rings. The molecule has 2 heterocycles. The lowest BCUT2D eigenvalue weighted by Gasteiger charge is -2.27. The van der Waals surface area contributed by atoms with E-state index in [4.69, 9.17) is 0 Å². The Labute approximate surface area is 288 Å². The molecule has 2 aromatic heterocycles. The molecule has 0 aliphatic carbocycles. The summed E-state index contributed by atoms with van der Waals surface area (Å²) in [6.07, 6.45) is 0. The standard InChI is InChI=1S/C46H30N2S/c1-3-12-31(13-4-1)32-22-24-36(25-23-32)47(37-26-27-38-40-28-33-14-7-8-15-34(33)29-44(40)49-45(38)30-37)42-20-11-21-43-46(42)39-18-9-10-19-41(39)48(43)35-16-5-2-6-17-35/h1-30H. The summed E-state index contributed by atoms with van der Waals surface area (Å²) in [5.41, 5.74) is 9.37. The number of fused-ring (bicyclic) bond motifs is 7. The number of thiophene rings is 1. The second-order valence-electron chi connectivity index (χ2n) is 12.6. The molecule has 0 N–H and O–H groups in total. The Balaban J connectivity index is 1.23. The van der Waals surface area contributed by atoms with E-state index in [0.717, 1.165) is 22.7 Å². The summed E-state index contributed by atoms with van der Waals surface area (Å²) in [5, 5.41) is 7.64. The topological polar surface area (TPSA) is 8.17 Å². The summed E-state index contributed by atoms with van der Waals surface area (Å²) in [6, 6.07) is 66.2. The molecular weight excluding hydrogens is 613 g/mol. The quantitative estimate of drug-likeness (QED) is 0.181. The van der Waals surface area contributed by atoms with Gasteiger partial charge in [-0.05, 0) is 88.6 Å². The predicted molar refractivity (Wildman–Crippen MR) is 211 cm³/mol. The Morgan fingerprint density at radius 1 is 0.408 bits per heavy atom. The van der Waals surface area contributed by atoms with E-state index in [1.165, 1.54) is 63.9 Å². The summed E-state index contributed by atoms with van der Waals surface area (Å²) in [7, 11) is 0. The molecule has 0 aliphatic heterocycles. The molecule has 0 unspecified atom stereocenters. The molecule has 0 amide bonds. The summed E-state index contributed by atoms with van der Waals surface area (Å²) in [5.74, 6) is 0. The van der Waals surface area contributed by atoms with Crippen LogP contribution in [-0.4, -0.2) is 4.57 Å². The van der Waals surface area contributed by atoms with Gasteiger partial charge in [0.2, 0.25) is 0 Å². The number of benzene rings is 8. The Morgan fingerprint density at radius 2 is 1.04 bits per heavy atom. The highest BCUT2D eigenvalue weighted by Gasteiger charge is 2.21. The monoisotopic (exact) mass is 642 g/mol. The van der Waals surface area contributed by atoms with Gasteiger partial charge in [0.1, 0.15) is 0 Å². The number of anilines is 3. The van der Waals surface area contributed by atoms with Crippen molar-refractivity contribution >= 4 is 81.1 Å². The average Bonchev–Trinajstić information content (AvgIpc) is 3.70. The van der Waals surface area contributed by atoms with E-state index in [1.54, 1.807) is 0 Å². The summed E-state index contributed by atoms with van der Waals surface area (Å²) in [4.78, 5) is 2.44. The van der Waals surface area contributed by atoms with Crippen LogP contribution in [0.1, 0.15) is 0 Å². The molecule has 10 aromatic rings. The highest BCUT2D eigenvalue weighted by molar-refractivity contribution is 7.25. The van der Waals surface area contributed by atoms with Gasteiger partial charge in [-0.2, -0.15) is 0 Å². The fraction of sp³-hybridized carbons (Fsp3) is 0. The molecule has 0 aliphatic rings. The number of para-hydroxylation sites is 2. The second-order valence-corrected chi connectivity index (χ2v) is 13.7. The zero-order chi connectivity index (χ0) is 32.3. The molecule has 0 bridgehead atoms. The molecule has 230 valence electrons. The van der Waals surface area contributed by atoms with Gasteiger partial charge < -0.3 is 9.47 Å². The maximum absolute atomic E-state index is 2.44. The second kappa shape index (κ2) is 11.2. The lowest BCUT2D eigenvalue weighted by molar-refractivity contribution is 1.18. The predicted octanol–water partition coefficient (Wildman–Crippen LogP) is 13.4. The summed E-state index contributed by atoms with van der Waals surface area (Å²) >= 11 is 1.87. The van der Waals surface area contributed by atoms with Crippen molar-refractivity contribution in [2.75, 3.05) is 4.90 Å². The van der Waals surface area contributed by atoms with Crippen molar-refractivity contribution in [1.82, 2.24) is 4.57 Å². The first kappa shape index (κ1) is 27.9. The van der Waals surface area contributed by atoms with Crippen molar-refractivity contribution in [3.63, 3.8) is 0 Å². The van der Waals surface area contributed by atoms with Crippen LogP contribution in [0.25, 0.3) is 69.6 Å². The first-order valence-corrected chi connectivity index (χ1v) is 17.5. The van der Waals surface area contributed by atoms with Crippen molar-refractivity contribution in [3.8, 4) is 16.8 Å². The van der Waals surface area contributed by atoms with E-state index in [0.29, 0.717) is 0 Å².